The third-order valence-electron chi connectivity index (χ3n) is 3.33. The van der Waals surface area contributed by atoms with Crippen LogP contribution in [0.15, 0.2) is 54.6 Å². The van der Waals surface area contributed by atoms with E-state index >= 15 is 0 Å². The number of hydrogen-bond acceptors (Lipinski definition) is 3. The first-order valence-electron chi connectivity index (χ1n) is 6.99. The smallest absolute Gasteiger partial charge is 0.0558 e. The second-order valence-electron chi connectivity index (χ2n) is 4.98. The molecule has 0 heterocycles. The monoisotopic (exact) mass is 270 g/mol. The van der Waals surface area contributed by atoms with E-state index in [0.29, 0.717) is 6.54 Å². The van der Waals surface area contributed by atoms with E-state index in [4.69, 9.17) is 5.73 Å². The molecule has 0 aliphatic heterocycles. The Morgan fingerprint density at radius 1 is 0.900 bits per heavy atom. The Hall–Kier alpha value is -1.84. The van der Waals surface area contributed by atoms with E-state index in [1.165, 1.54) is 11.1 Å². The highest BCUT2D eigenvalue weighted by atomic mass is 16.3. The van der Waals surface area contributed by atoms with Crippen molar-refractivity contribution in [2.45, 2.75) is 13.0 Å². The molecule has 0 bridgehead atoms. The molecule has 0 saturated heterocycles. The van der Waals surface area contributed by atoms with Crippen LogP contribution >= 0.6 is 0 Å². The number of hydrogen-bond donors (Lipinski definition) is 2. The van der Waals surface area contributed by atoms with Crippen LogP contribution in [-0.4, -0.2) is 29.7 Å². The summed E-state index contributed by atoms with van der Waals surface area (Å²) in [6, 6.07) is 18.3. The van der Waals surface area contributed by atoms with Crippen molar-refractivity contribution in [1.29, 1.82) is 0 Å². The topological polar surface area (TPSA) is 49.5 Å². The molecule has 0 spiro atoms. The molecule has 0 amide bonds. The van der Waals surface area contributed by atoms with Gasteiger partial charge in [-0.25, -0.2) is 0 Å². The molecule has 0 fully saturated rings. The minimum atomic E-state index is 0.184. The van der Waals surface area contributed by atoms with Gasteiger partial charge in [0.25, 0.3) is 0 Å². The van der Waals surface area contributed by atoms with Gasteiger partial charge in [0, 0.05) is 25.3 Å². The lowest BCUT2D eigenvalue weighted by Crippen LogP contribution is -2.28. The second-order valence-corrected chi connectivity index (χ2v) is 4.98. The molecule has 0 radical (unpaired) electrons. The quantitative estimate of drug-likeness (QED) is 0.759. The molecule has 3 nitrogen and oxygen atoms in total. The Morgan fingerprint density at radius 2 is 1.65 bits per heavy atom. The average molecular weight is 270 g/mol. The van der Waals surface area contributed by atoms with Gasteiger partial charge in [-0.2, -0.15) is 0 Å². The van der Waals surface area contributed by atoms with Crippen LogP contribution in [0.4, 0.5) is 5.69 Å². The van der Waals surface area contributed by atoms with E-state index in [2.05, 4.69) is 23.1 Å². The van der Waals surface area contributed by atoms with Gasteiger partial charge in [-0.3, -0.25) is 4.90 Å². The molecule has 2 rings (SSSR count). The summed E-state index contributed by atoms with van der Waals surface area (Å²) in [4.78, 5) is 2.26. The van der Waals surface area contributed by atoms with Crippen molar-refractivity contribution in [3.05, 3.63) is 65.7 Å². The summed E-state index contributed by atoms with van der Waals surface area (Å²) < 4.78 is 0. The van der Waals surface area contributed by atoms with Crippen LogP contribution in [0.3, 0.4) is 0 Å². The number of aliphatic hydroxyl groups excluding tert-OH is 1. The Bertz CT molecular complexity index is 513. The Morgan fingerprint density at radius 3 is 2.35 bits per heavy atom. The molecule has 0 aliphatic carbocycles. The number of nitrogen functional groups attached to an aromatic ring is 1. The molecule has 2 aromatic carbocycles. The second kappa shape index (κ2) is 7.68. The van der Waals surface area contributed by atoms with Gasteiger partial charge in [0.2, 0.25) is 0 Å². The van der Waals surface area contributed by atoms with Crippen molar-refractivity contribution in [3.63, 3.8) is 0 Å². The maximum atomic E-state index is 9.19. The normalized spacial score (nSPS) is 10.9. The van der Waals surface area contributed by atoms with Gasteiger partial charge >= 0.3 is 0 Å². The van der Waals surface area contributed by atoms with E-state index in [1.54, 1.807) is 0 Å². The number of benzene rings is 2. The van der Waals surface area contributed by atoms with Crippen molar-refractivity contribution >= 4 is 5.69 Å². The summed E-state index contributed by atoms with van der Waals surface area (Å²) in [5, 5.41) is 9.19. The molecule has 0 atom stereocenters. The maximum Gasteiger partial charge on any atom is 0.0558 e. The molecule has 0 aliphatic rings. The number of nitrogens with zero attached hydrogens (tertiary/aromatic N) is 1. The van der Waals surface area contributed by atoms with Crippen LogP contribution in [0.2, 0.25) is 0 Å². The molecule has 0 aromatic heterocycles. The van der Waals surface area contributed by atoms with Gasteiger partial charge in [0.15, 0.2) is 0 Å². The van der Waals surface area contributed by atoms with Gasteiger partial charge < -0.3 is 10.8 Å². The van der Waals surface area contributed by atoms with Crippen LogP contribution in [0.5, 0.6) is 0 Å². The van der Waals surface area contributed by atoms with E-state index in [1.807, 2.05) is 36.4 Å². The lowest BCUT2D eigenvalue weighted by molar-refractivity contribution is 0.191. The zero-order chi connectivity index (χ0) is 14.2. The predicted octanol–water partition coefficient (Wildman–Crippen LogP) is 2.31. The Balaban J connectivity index is 1.92. The molecule has 3 heteroatoms. The summed E-state index contributed by atoms with van der Waals surface area (Å²) in [5.41, 5.74) is 9.11. The van der Waals surface area contributed by atoms with Crippen molar-refractivity contribution < 1.29 is 5.11 Å². The summed E-state index contributed by atoms with van der Waals surface area (Å²) in [6.45, 7) is 2.66. The van der Waals surface area contributed by atoms with E-state index in [0.717, 1.165) is 25.2 Å². The summed E-state index contributed by atoms with van der Waals surface area (Å²) in [7, 11) is 0. The molecule has 20 heavy (non-hydrogen) atoms. The van der Waals surface area contributed by atoms with Crippen molar-refractivity contribution in [2.75, 3.05) is 25.4 Å². The van der Waals surface area contributed by atoms with Gasteiger partial charge in [0.1, 0.15) is 0 Å². The molecule has 3 N–H and O–H groups in total. The fraction of sp³-hybridized carbons (Fsp3) is 0.294. The fourth-order valence-electron chi connectivity index (χ4n) is 2.29. The predicted molar refractivity (Wildman–Crippen MR) is 83.4 cm³/mol. The minimum absolute atomic E-state index is 0.184. The highest BCUT2D eigenvalue weighted by molar-refractivity contribution is 5.40. The Kier molecular flexibility index (Phi) is 5.59. The molecule has 0 unspecified atom stereocenters. The van der Waals surface area contributed by atoms with E-state index in [9.17, 15) is 5.11 Å². The average Bonchev–Trinajstić information content (AvgIpc) is 2.46. The van der Waals surface area contributed by atoms with Crippen molar-refractivity contribution in [1.82, 2.24) is 4.90 Å². The van der Waals surface area contributed by atoms with Gasteiger partial charge in [-0.15, -0.1) is 0 Å². The number of nitrogens with two attached hydrogens (primary N) is 1. The van der Waals surface area contributed by atoms with Crippen molar-refractivity contribution in [2.24, 2.45) is 0 Å². The van der Waals surface area contributed by atoms with E-state index in [-0.39, 0.29) is 6.61 Å². The third-order valence-corrected chi connectivity index (χ3v) is 3.33. The Labute approximate surface area is 120 Å². The van der Waals surface area contributed by atoms with E-state index < -0.39 is 0 Å². The largest absolute Gasteiger partial charge is 0.399 e. The highest BCUT2D eigenvalue weighted by Crippen LogP contribution is 2.09. The maximum absolute atomic E-state index is 9.19. The summed E-state index contributed by atoms with van der Waals surface area (Å²) in [6.07, 6.45) is 0.942. The lowest BCUT2D eigenvalue weighted by atomic mass is 10.1. The van der Waals surface area contributed by atoms with Crippen LogP contribution in [0.1, 0.15) is 11.1 Å². The zero-order valence-electron chi connectivity index (χ0n) is 11.7. The standard InChI is InChI=1S/C17H22N2O/c18-17-8-4-7-15(13-17)9-10-19(11-12-20)14-16-5-2-1-3-6-16/h1-8,13,20H,9-12,14,18H2. The summed E-state index contributed by atoms with van der Waals surface area (Å²) in [5.74, 6) is 0. The van der Waals surface area contributed by atoms with Crippen LogP contribution in [-0.2, 0) is 13.0 Å². The third kappa shape index (κ3) is 4.68. The number of aliphatic hydroxyl groups is 1. The minimum Gasteiger partial charge on any atom is -0.399 e. The highest BCUT2D eigenvalue weighted by Gasteiger charge is 2.06. The lowest BCUT2D eigenvalue weighted by Gasteiger charge is -2.21. The first-order chi connectivity index (χ1) is 9.78. The number of rotatable bonds is 7. The summed E-state index contributed by atoms with van der Waals surface area (Å²) >= 11 is 0. The van der Waals surface area contributed by atoms with Crippen molar-refractivity contribution in [3.8, 4) is 0 Å². The first-order valence-corrected chi connectivity index (χ1v) is 6.99. The SMILES string of the molecule is Nc1cccc(CCN(CCO)Cc2ccccc2)c1. The van der Waals surface area contributed by atoms with Gasteiger partial charge in [-0.1, -0.05) is 42.5 Å². The van der Waals surface area contributed by atoms with Gasteiger partial charge in [0.05, 0.1) is 6.61 Å². The zero-order valence-corrected chi connectivity index (χ0v) is 11.7. The fourth-order valence-corrected chi connectivity index (χ4v) is 2.29. The van der Waals surface area contributed by atoms with Crippen LogP contribution < -0.4 is 5.73 Å². The molecule has 106 valence electrons. The molecular weight excluding hydrogens is 248 g/mol. The molecule has 0 saturated carbocycles. The van der Waals surface area contributed by atoms with Crippen LogP contribution in [0, 0.1) is 0 Å². The van der Waals surface area contributed by atoms with Crippen LogP contribution in [0.25, 0.3) is 0 Å². The first kappa shape index (κ1) is 14.6. The molecule has 2 aromatic rings. The number of anilines is 1. The molecular formula is C17H22N2O. The van der Waals surface area contributed by atoms with Gasteiger partial charge in [-0.05, 0) is 29.7 Å².